The van der Waals surface area contributed by atoms with Crippen molar-refractivity contribution < 1.29 is 4.79 Å². The lowest BCUT2D eigenvalue weighted by Crippen LogP contribution is -2.19. The highest BCUT2D eigenvalue weighted by Gasteiger charge is 2.12. The number of para-hydroxylation sites is 1. The summed E-state index contributed by atoms with van der Waals surface area (Å²) < 4.78 is 0. The zero-order valence-electron chi connectivity index (χ0n) is 15.2. The van der Waals surface area contributed by atoms with Crippen molar-refractivity contribution in [1.29, 1.82) is 0 Å². The Morgan fingerprint density at radius 2 is 1.80 bits per heavy atom. The molecule has 1 heterocycles. The fraction of sp³-hybridized carbons (Fsp3) is 0.421. The number of carbonyl (C=O) groups is 1. The predicted octanol–water partition coefficient (Wildman–Crippen LogP) is 3.50. The Morgan fingerprint density at radius 3 is 2.32 bits per heavy atom. The van der Waals surface area contributed by atoms with Crippen molar-refractivity contribution in [2.45, 2.75) is 52.1 Å². The third kappa shape index (κ3) is 4.72. The van der Waals surface area contributed by atoms with E-state index >= 15 is 0 Å². The molecule has 0 saturated heterocycles. The van der Waals surface area contributed by atoms with Crippen LogP contribution in [0.4, 0.5) is 5.69 Å². The normalized spacial score (nSPS) is 10.7. The molecule has 2 rings (SSSR count). The third-order valence-corrected chi connectivity index (χ3v) is 5.03. The molecule has 25 heavy (non-hydrogen) atoms. The van der Waals surface area contributed by atoms with Gasteiger partial charge < -0.3 is 10.3 Å². The van der Waals surface area contributed by atoms with Crippen molar-refractivity contribution in [3.05, 3.63) is 50.9 Å². The highest BCUT2D eigenvalue weighted by molar-refractivity contribution is 7.99. The summed E-state index contributed by atoms with van der Waals surface area (Å²) in [4.78, 5) is 31.5. The molecule has 0 unspecified atom stereocenters. The van der Waals surface area contributed by atoms with E-state index in [4.69, 9.17) is 0 Å². The maximum absolute atomic E-state index is 12.4. The molecule has 1 amide bonds. The molecule has 0 aliphatic carbocycles. The quantitative estimate of drug-likeness (QED) is 0.586. The summed E-state index contributed by atoms with van der Waals surface area (Å²) >= 11 is 1.24. The molecule has 5 nitrogen and oxygen atoms in total. The van der Waals surface area contributed by atoms with Gasteiger partial charge in [-0.15, -0.1) is 0 Å². The minimum Gasteiger partial charge on any atom is -0.325 e. The Hall–Kier alpha value is -2.08. The molecule has 0 radical (unpaired) electrons. The number of rotatable bonds is 7. The van der Waals surface area contributed by atoms with Crippen molar-refractivity contribution in [3.63, 3.8) is 0 Å². The Morgan fingerprint density at radius 1 is 1.16 bits per heavy atom. The van der Waals surface area contributed by atoms with Crippen LogP contribution in [0.1, 0.15) is 43.2 Å². The highest BCUT2D eigenvalue weighted by Crippen LogP contribution is 2.23. The van der Waals surface area contributed by atoms with Gasteiger partial charge in [0.25, 0.3) is 5.56 Å². The fourth-order valence-electron chi connectivity index (χ4n) is 2.78. The van der Waals surface area contributed by atoms with Crippen molar-refractivity contribution >= 4 is 23.4 Å². The number of hydrogen-bond acceptors (Lipinski definition) is 4. The number of nitrogens with one attached hydrogen (secondary N) is 2. The zero-order chi connectivity index (χ0) is 18.4. The van der Waals surface area contributed by atoms with Crippen LogP contribution in [0.15, 0.2) is 28.2 Å². The summed E-state index contributed by atoms with van der Waals surface area (Å²) in [5, 5.41) is 3.50. The number of aromatic amines is 1. The van der Waals surface area contributed by atoms with E-state index in [2.05, 4.69) is 29.1 Å². The van der Waals surface area contributed by atoms with Crippen LogP contribution in [0, 0.1) is 6.92 Å². The number of hydrogen-bond donors (Lipinski definition) is 2. The third-order valence-electron chi connectivity index (χ3n) is 4.16. The second-order valence-electron chi connectivity index (χ2n) is 5.78. The van der Waals surface area contributed by atoms with E-state index < -0.39 is 0 Å². The van der Waals surface area contributed by atoms with Crippen LogP contribution in [0.25, 0.3) is 0 Å². The second-order valence-corrected chi connectivity index (χ2v) is 6.75. The molecule has 0 spiro atoms. The molecule has 0 aliphatic rings. The lowest BCUT2D eigenvalue weighted by Gasteiger charge is -2.14. The van der Waals surface area contributed by atoms with Gasteiger partial charge in [-0.05, 0) is 37.3 Å². The molecule has 0 aliphatic heterocycles. The maximum Gasteiger partial charge on any atom is 0.254 e. The number of anilines is 1. The van der Waals surface area contributed by atoms with Crippen molar-refractivity contribution in [1.82, 2.24) is 9.97 Å². The molecular weight excluding hydrogens is 334 g/mol. The van der Waals surface area contributed by atoms with E-state index in [1.54, 1.807) is 0 Å². The van der Waals surface area contributed by atoms with Crippen LogP contribution in [0.3, 0.4) is 0 Å². The predicted molar refractivity (Wildman–Crippen MR) is 104 cm³/mol. The van der Waals surface area contributed by atoms with Crippen LogP contribution >= 0.6 is 11.8 Å². The number of aromatic nitrogens is 2. The summed E-state index contributed by atoms with van der Waals surface area (Å²) in [5.74, 6) is 0.107. The molecule has 0 saturated carbocycles. The number of thioether (sulfide) groups is 1. The second kappa shape index (κ2) is 8.85. The van der Waals surface area contributed by atoms with Crippen molar-refractivity contribution in [3.8, 4) is 0 Å². The number of H-pyrrole nitrogens is 1. The van der Waals surface area contributed by atoms with Gasteiger partial charge in [0, 0.05) is 16.9 Å². The van der Waals surface area contributed by atoms with Gasteiger partial charge in [-0.1, -0.05) is 50.7 Å². The van der Waals surface area contributed by atoms with Crippen LogP contribution < -0.4 is 10.9 Å². The van der Waals surface area contributed by atoms with E-state index in [9.17, 15) is 9.59 Å². The van der Waals surface area contributed by atoms with E-state index in [0.29, 0.717) is 17.1 Å². The van der Waals surface area contributed by atoms with Crippen molar-refractivity contribution in [2.24, 2.45) is 0 Å². The Balaban J connectivity index is 2.08. The van der Waals surface area contributed by atoms with Gasteiger partial charge in [-0.25, -0.2) is 4.98 Å². The molecule has 2 N–H and O–H groups in total. The maximum atomic E-state index is 12.4. The molecule has 0 atom stereocenters. The summed E-state index contributed by atoms with van der Waals surface area (Å²) in [5.41, 5.74) is 4.47. The van der Waals surface area contributed by atoms with Gasteiger partial charge in [-0.3, -0.25) is 9.59 Å². The van der Waals surface area contributed by atoms with Gasteiger partial charge >= 0.3 is 0 Å². The number of nitrogens with zero attached hydrogens (tertiary/aromatic N) is 1. The van der Waals surface area contributed by atoms with Crippen LogP contribution in [0.2, 0.25) is 0 Å². The highest BCUT2D eigenvalue weighted by atomic mass is 32.2. The van der Waals surface area contributed by atoms with E-state index in [-0.39, 0.29) is 17.2 Å². The van der Waals surface area contributed by atoms with E-state index in [1.807, 2.05) is 32.0 Å². The summed E-state index contributed by atoms with van der Waals surface area (Å²) in [6.45, 7) is 7.90. The number of benzene rings is 1. The number of amides is 1. The standard InChI is InChI=1S/C19H25N3O2S/c1-5-13-9-8-10-14(6-2)17(13)21-16(23)11-25-19-20-12(4)15(7-3)18(24)22-19/h8-10H,5-7,11H2,1-4H3,(H,21,23)(H,20,22,24). The topological polar surface area (TPSA) is 74.8 Å². The minimum atomic E-state index is -0.123. The van der Waals surface area contributed by atoms with Gasteiger partial charge in [0.1, 0.15) is 0 Å². The Bertz CT molecular complexity index is 793. The van der Waals surface area contributed by atoms with Crippen LogP contribution in [-0.4, -0.2) is 21.6 Å². The summed E-state index contributed by atoms with van der Waals surface area (Å²) in [6, 6.07) is 6.09. The van der Waals surface area contributed by atoms with Gasteiger partial charge in [-0.2, -0.15) is 0 Å². The van der Waals surface area contributed by atoms with Gasteiger partial charge in [0.2, 0.25) is 5.91 Å². The van der Waals surface area contributed by atoms with Crippen LogP contribution in [0.5, 0.6) is 0 Å². The molecule has 2 aromatic rings. The Labute approximate surface area is 152 Å². The first kappa shape index (κ1) is 19.2. The van der Waals surface area contributed by atoms with E-state index in [0.717, 1.165) is 35.3 Å². The smallest absolute Gasteiger partial charge is 0.254 e. The average molecular weight is 359 g/mol. The fourth-order valence-corrected chi connectivity index (χ4v) is 3.49. The molecule has 0 bridgehead atoms. The van der Waals surface area contributed by atoms with Gasteiger partial charge in [0.05, 0.1) is 5.75 Å². The van der Waals surface area contributed by atoms with Gasteiger partial charge in [0.15, 0.2) is 5.16 Å². The molecule has 0 fully saturated rings. The lowest BCUT2D eigenvalue weighted by atomic mass is 10.0. The minimum absolute atomic E-state index is 0.0968. The monoisotopic (exact) mass is 359 g/mol. The first-order chi connectivity index (χ1) is 12.0. The molecule has 134 valence electrons. The lowest BCUT2D eigenvalue weighted by molar-refractivity contribution is -0.113. The molecule has 6 heteroatoms. The van der Waals surface area contributed by atoms with E-state index in [1.165, 1.54) is 11.8 Å². The summed E-state index contributed by atoms with van der Waals surface area (Å²) in [7, 11) is 0. The molecule has 1 aromatic heterocycles. The van der Waals surface area contributed by atoms with Crippen LogP contribution in [-0.2, 0) is 24.1 Å². The molecular formula is C19H25N3O2S. The largest absolute Gasteiger partial charge is 0.325 e. The first-order valence-electron chi connectivity index (χ1n) is 8.63. The Kier molecular flexibility index (Phi) is 6.82. The summed E-state index contributed by atoms with van der Waals surface area (Å²) in [6.07, 6.45) is 2.37. The molecule has 1 aromatic carbocycles. The SMILES string of the molecule is CCc1cccc(CC)c1NC(=O)CSc1nc(C)c(CC)c(=O)[nH]1. The first-order valence-corrected chi connectivity index (χ1v) is 9.61. The average Bonchev–Trinajstić information content (AvgIpc) is 2.60. The zero-order valence-corrected chi connectivity index (χ0v) is 16.0. The number of carbonyl (C=O) groups excluding carboxylic acids is 1. The number of aryl methyl sites for hydroxylation is 3. The van der Waals surface area contributed by atoms with Crippen molar-refractivity contribution in [2.75, 3.05) is 11.1 Å².